The van der Waals surface area contributed by atoms with E-state index in [9.17, 15) is 4.79 Å². The third-order valence-corrected chi connectivity index (χ3v) is 4.73. The van der Waals surface area contributed by atoms with Gasteiger partial charge >= 0.3 is 0 Å². The van der Waals surface area contributed by atoms with Gasteiger partial charge in [-0.2, -0.15) is 0 Å². The molecule has 3 nitrogen and oxygen atoms in total. The summed E-state index contributed by atoms with van der Waals surface area (Å²) in [4.78, 5) is 12.2. The maximum absolute atomic E-state index is 12.2. The minimum absolute atomic E-state index is 0.0408. The van der Waals surface area contributed by atoms with Gasteiger partial charge in [0.15, 0.2) is 0 Å². The minimum atomic E-state index is -0.0408. The molecule has 0 unspecified atom stereocenters. The fourth-order valence-electron chi connectivity index (χ4n) is 2.10. The Kier molecular flexibility index (Phi) is 5.03. The molecule has 1 N–H and O–H groups in total. The first-order chi connectivity index (χ1) is 9.00. The zero-order valence-electron chi connectivity index (χ0n) is 10.8. The maximum Gasteiger partial charge on any atom is 0.252 e. The third kappa shape index (κ3) is 4.04. The van der Waals surface area contributed by atoms with Gasteiger partial charge in [-0.05, 0) is 52.4 Å². The molecule has 0 saturated carbocycles. The van der Waals surface area contributed by atoms with Crippen LogP contribution in [0.25, 0.3) is 0 Å². The van der Waals surface area contributed by atoms with E-state index in [0.717, 1.165) is 35.0 Å². The van der Waals surface area contributed by atoms with Crippen LogP contribution in [0.5, 0.6) is 0 Å². The fraction of sp³-hybridized carbons (Fsp3) is 0.500. The number of benzene rings is 1. The SMILES string of the molecule is CC1(CNC(=O)c2cc(Br)ccc2Br)CCOCC1. The van der Waals surface area contributed by atoms with Crippen molar-refractivity contribution in [2.45, 2.75) is 19.8 Å². The van der Waals surface area contributed by atoms with E-state index in [4.69, 9.17) is 4.74 Å². The molecule has 1 heterocycles. The van der Waals surface area contributed by atoms with Crippen molar-refractivity contribution < 1.29 is 9.53 Å². The van der Waals surface area contributed by atoms with E-state index in [2.05, 4.69) is 44.1 Å². The third-order valence-electron chi connectivity index (χ3n) is 3.55. The second-order valence-electron chi connectivity index (χ2n) is 5.23. The molecule has 104 valence electrons. The van der Waals surface area contributed by atoms with E-state index in [0.29, 0.717) is 12.1 Å². The van der Waals surface area contributed by atoms with Gasteiger partial charge in [-0.3, -0.25) is 4.79 Å². The van der Waals surface area contributed by atoms with E-state index in [1.165, 1.54) is 0 Å². The molecular weight excluding hydrogens is 374 g/mol. The van der Waals surface area contributed by atoms with Crippen molar-refractivity contribution in [2.75, 3.05) is 19.8 Å². The van der Waals surface area contributed by atoms with Gasteiger partial charge in [0.25, 0.3) is 5.91 Å². The monoisotopic (exact) mass is 389 g/mol. The summed E-state index contributed by atoms with van der Waals surface area (Å²) in [5, 5.41) is 3.03. The van der Waals surface area contributed by atoms with Gasteiger partial charge in [-0.15, -0.1) is 0 Å². The Bertz CT molecular complexity index is 471. The molecular formula is C14H17Br2NO2. The van der Waals surface area contributed by atoms with Gasteiger partial charge in [-0.25, -0.2) is 0 Å². The number of carbonyl (C=O) groups excluding carboxylic acids is 1. The van der Waals surface area contributed by atoms with E-state index in [1.807, 2.05) is 18.2 Å². The number of carbonyl (C=O) groups is 1. The van der Waals surface area contributed by atoms with E-state index in [-0.39, 0.29) is 11.3 Å². The van der Waals surface area contributed by atoms with Crippen molar-refractivity contribution in [3.8, 4) is 0 Å². The fourth-order valence-corrected chi connectivity index (χ4v) is 2.89. The zero-order chi connectivity index (χ0) is 13.9. The predicted octanol–water partition coefficient (Wildman–Crippen LogP) is 3.76. The van der Waals surface area contributed by atoms with Crippen LogP contribution in [0, 0.1) is 5.41 Å². The van der Waals surface area contributed by atoms with Gasteiger partial charge in [0.1, 0.15) is 0 Å². The van der Waals surface area contributed by atoms with Crippen LogP contribution < -0.4 is 5.32 Å². The summed E-state index contributed by atoms with van der Waals surface area (Å²) in [6, 6.07) is 5.60. The summed E-state index contributed by atoms with van der Waals surface area (Å²) in [5.74, 6) is -0.0408. The summed E-state index contributed by atoms with van der Waals surface area (Å²) in [6.07, 6.45) is 1.99. The average Bonchev–Trinajstić information content (AvgIpc) is 2.40. The highest BCUT2D eigenvalue weighted by atomic mass is 79.9. The largest absolute Gasteiger partial charge is 0.381 e. The Balaban J connectivity index is 1.99. The second-order valence-corrected chi connectivity index (χ2v) is 7.00. The molecule has 19 heavy (non-hydrogen) atoms. The molecule has 0 radical (unpaired) electrons. The lowest BCUT2D eigenvalue weighted by Crippen LogP contribution is -2.39. The maximum atomic E-state index is 12.2. The normalized spacial score (nSPS) is 18.1. The number of rotatable bonds is 3. The van der Waals surface area contributed by atoms with Crippen molar-refractivity contribution in [3.63, 3.8) is 0 Å². The standard InChI is InChI=1S/C14H17Br2NO2/c1-14(4-6-19-7-5-14)9-17-13(18)11-8-10(15)2-3-12(11)16/h2-3,8H,4-7,9H2,1H3,(H,17,18). The molecule has 1 amide bonds. The number of nitrogens with one attached hydrogen (secondary N) is 1. The molecule has 1 saturated heterocycles. The highest BCUT2D eigenvalue weighted by Crippen LogP contribution is 2.29. The zero-order valence-corrected chi connectivity index (χ0v) is 14.0. The van der Waals surface area contributed by atoms with Crippen molar-refractivity contribution >= 4 is 37.8 Å². The molecule has 0 atom stereocenters. The van der Waals surface area contributed by atoms with E-state index in [1.54, 1.807) is 0 Å². The van der Waals surface area contributed by atoms with Gasteiger partial charge in [0, 0.05) is 28.7 Å². The van der Waals surface area contributed by atoms with Gasteiger partial charge in [0.2, 0.25) is 0 Å². The molecule has 0 bridgehead atoms. The van der Waals surface area contributed by atoms with Crippen LogP contribution in [-0.2, 0) is 4.74 Å². The number of hydrogen-bond donors (Lipinski definition) is 1. The van der Waals surface area contributed by atoms with Crippen LogP contribution in [0.4, 0.5) is 0 Å². The number of hydrogen-bond acceptors (Lipinski definition) is 2. The minimum Gasteiger partial charge on any atom is -0.381 e. The van der Waals surface area contributed by atoms with E-state index < -0.39 is 0 Å². The molecule has 1 aromatic carbocycles. The van der Waals surface area contributed by atoms with Gasteiger partial charge in [0.05, 0.1) is 5.56 Å². The predicted molar refractivity (Wildman–Crippen MR) is 82.3 cm³/mol. The second kappa shape index (κ2) is 6.37. The molecule has 0 spiro atoms. The first-order valence-electron chi connectivity index (χ1n) is 6.31. The van der Waals surface area contributed by atoms with Gasteiger partial charge in [-0.1, -0.05) is 22.9 Å². The van der Waals surface area contributed by atoms with Crippen molar-refractivity contribution in [1.29, 1.82) is 0 Å². The Hall–Kier alpha value is -0.390. The quantitative estimate of drug-likeness (QED) is 0.853. The Morgan fingerprint density at radius 3 is 2.74 bits per heavy atom. The number of amides is 1. The molecule has 1 aliphatic heterocycles. The lowest BCUT2D eigenvalue weighted by Gasteiger charge is -2.33. The van der Waals surface area contributed by atoms with Crippen LogP contribution in [-0.4, -0.2) is 25.7 Å². The summed E-state index contributed by atoms with van der Waals surface area (Å²) < 4.78 is 7.08. The summed E-state index contributed by atoms with van der Waals surface area (Å²) in [5.41, 5.74) is 0.803. The van der Waals surface area contributed by atoms with Crippen LogP contribution in [0.3, 0.4) is 0 Å². The Morgan fingerprint density at radius 1 is 1.37 bits per heavy atom. The Labute approximate surface area is 130 Å². The topological polar surface area (TPSA) is 38.3 Å². The summed E-state index contributed by atoms with van der Waals surface area (Å²) >= 11 is 6.79. The van der Waals surface area contributed by atoms with E-state index >= 15 is 0 Å². The lowest BCUT2D eigenvalue weighted by molar-refractivity contribution is 0.0238. The number of ether oxygens (including phenoxy) is 1. The molecule has 0 aromatic heterocycles. The van der Waals surface area contributed by atoms with Gasteiger partial charge < -0.3 is 10.1 Å². The highest BCUT2D eigenvalue weighted by molar-refractivity contribution is 9.11. The highest BCUT2D eigenvalue weighted by Gasteiger charge is 2.28. The van der Waals surface area contributed by atoms with Crippen LogP contribution >= 0.6 is 31.9 Å². The van der Waals surface area contributed by atoms with Crippen LogP contribution in [0.1, 0.15) is 30.1 Å². The lowest BCUT2D eigenvalue weighted by atomic mass is 9.82. The first-order valence-corrected chi connectivity index (χ1v) is 7.90. The molecule has 1 fully saturated rings. The molecule has 1 aliphatic rings. The van der Waals surface area contributed by atoms with Crippen molar-refractivity contribution in [3.05, 3.63) is 32.7 Å². The van der Waals surface area contributed by atoms with Crippen molar-refractivity contribution in [1.82, 2.24) is 5.32 Å². The smallest absolute Gasteiger partial charge is 0.252 e. The van der Waals surface area contributed by atoms with Crippen LogP contribution in [0.15, 0.2) is 27.1 Å². The molecule has 0 aliphatic carbocycles. The van der Waals surface area contributed by atoms with Crippen LogP contribution in [0.2, 0.25) is 0 Å². The first kappa shape index (κ1) is 15.0. The molecule has 2 rings (SSSR count). The molecule has 1 aromatic rings. The molecule has 5 heteroatoms. The van der Waals surface area contributed by atoms with Crippen molar-refractivity contribution in [2.24, 2.45) is 5.41 Å². The summed E-state index contributed by atoms with van der Waals surface area (Å²) in [7, 11) is 0. The number of halogens is 2. The Morgan fingerprint density at radius 2 is 2.05 bits per heavy atom. The summed E-state index contributed by atoms with van der Waals surface area (Å²) in [6.45, 7) is 4.46. The average molecular weight is 391 g/mol.